The number of nitrogens with one attached hydrogen (secondary N) is 1. The smallest absolute Gasteiger partial charge is 0.242 e. The maximum Gasteiger partial charge on any atom is 0.242 e. The van der Waals surface area contributed by atoms with E-state index in [0.717, 1.165) is 17.7 Å². The van der Waals surface area contributed by atoms with Crippen LogP contribution in [-0.4, -0.2) is 11.9 Å². The highest BCUT2D eigenvalue weighted by atomic mass is 16.2. The van der Waals surface area contributed by atoms with E-state index in [0.29, 0.717) is 12.5 Å². The zero-order valence-corrected chi connectivity index (χ0v) is 11.5. The van der Waals surface area contributed by atoms with Gasteiger partial charge in [-0.1, -0.05) is 48.5 Å². The molecule has 3 rings (SSSR count). The minimum absolute atomic E-state index is 0.0275. The summed E-state index contributed by atoms with van der Waals surface area (Å²) in [7, 11) is 0. The van der Waals surface area contributed by atoms with Gasteiger partial charge in [-0.05, 0) is 30.5 Å². The van der Waals surface area contributed by atoms with Gasteiger partial charge in [-0.3, -0.25) is 15.2 Å². The molecule has 1 heterocycles. The van der Waals surface area contributed by atoms with Crippen LogP contribution in [0, 0.1) is 0 Å². The van der Waals surface area contributed by atoms with E-state index in [2.05, 4.69) is 24.5 Å². The van der Waals surface area contributed by atoms with Gasteiger partial charge in [0.15, 0.2) is 0 Å². The van der Waals surface area contributed by atoms with Crippen LogP contribution >= 0.6 is 0 Å². The third-order valence-electron chi connectivity index (χ3n) is 3.66. The summed E-state index contributed by atoms with van der Waals surface area (Å²) in [6, 6.07) is 18.3. The van der Waals surface area contributed by atoms with Gasteiger partial charge >= 0.3 is 0 Å². The van der Waals surface area contributed by atoms with Gasteiger partial charge in [-0.25, -0.2) is 0 Å². The number of benzene rings is 2. The van der Waals surface area contributed by atoms with Gasteiger partial charge in [-0.15, -0.1) is 0 Å². The second-order valence-electron chi connectivity index (χ2n) is 5.25. The second kappa shape index (κ2) is 5.37. The number of para-hydroxylation sites is 1. The Kier molecular flexibility index (Phi) is 3.42. The van der Waals surface area contributed by atoms with E-state index in [1.165, 1.54) is 5.56 Å². The zero-order valence-electron chi connectivity index (χ0n) is 11.5. The molecule has 1 unspecified atom stereocenters. The lowest BCUT2D eigenvalue weighted by Gasteiger charge is -2.25. The monoisotopic (exact) mass is 266 g/mol. The number of hydrogen-bond donors (Lipinski definition) is 1. The molecule has 1 amide bonds. The molecule has 3 nitrogen and oxygen atoms in total. The normalized spacial score (nSPS) is 16.9. The maximum absolute atomic E-state index is 12.2. The molecule has 0 aliphatic carbocycles. The number of carbonyl (C=O) groups is 1. The minimum Gasteiger partial charge on any atom is -0.282 e. The summed E-state index contributed by atoms with van der Waals surface area (Å²) in [5, 5.41) is 1.99. The van der Waals surface area contributed by atoms with Crippen molar-refractivity contribution in [3.63, 3.8) is 0 Å². The summed E-state index contributed by atoms with van der Waals surface area (Å²) in [5.74, 6) is 0.0275. The van der Waals surface area contributed by atoms with Crippen LogP contribution in [0.25, 0.3) is 0 Å². The van der Waals surface area contributed by atoms with Gasteiger partial charge < -0.3 is 0 Å². The van der Waals surface area contributed by atoms with Gasteiger partial charge in [0, 0.05) is 0 Å². The number of nitrogens with zero attached hydrogens (tertiary/aromatic N) is 1. The number of hydrazine groups is 1. The summed E-state index contributed by atoms with van der Waals surface area (Å²) in [5.41, 5.74) is 6.46. The van der Waals surface area contributed by atoms with Crippen LogP contribution in [0.3, 0.4) is 0 Å². The highest BCUT2D eigenvalue weighted by Crippen LogP contribution is 2.29. The van der Waals surface area contributed by atoms with Crippen LogP contribution in [0.15, 0.2) is 54.6 Å². The summed E-state index contributed by atoms with van der Waals surface area (Å²) >= 11 is 0. The number of carbonyl (C=O) groups excluding carboxylic acids is 1. The fourth-order valence-electron chi connectivity index (χ4n) is 2.69. The molecule has 2 aromatic rings. The van der Waals surface area contributed by atoms with E-state index in [1.807, 2.05) is 47.5 Å². The lowest BCUT2D eigenvalue weighted by atomic mass is 10.1. The molecule has 1 atom stereocenters. The first-order valence-electron chi connectivity index (χ1n) is 6.94. The Balaban J connectivity index is 1.70. The number of fused-ring (bicyclic) bond motifs is 1. The largest absolute Gasteiger partial charge is 0.282 e. The highest BCUT2D eigenvalue weighted by molar-refractivity contribution is 5.81. The molecule has 0 fully saturated rings. The number of rotatable bonds is 3. The number of amides is 1. The van der Waals surface area contributed by atoms with E-state index in [-0.39, 0.29) is 5.91 Å². The first-order valence-corrected chi connectivity index (χ1v) is 6.94. The van der Waals surface area contributed by atoms with Crippen molar-refractivity contribution in [3.8, 4) is 0 Å². The van der Waals surface area contributed by atoms with E-state index in [4.69, 9.17) is 0 Å². The highest BCUT2D eigenvalue weighted by Gasteiger charge is 2.26. The van der Waals surface area contributed by atoms with E-state index < -0.39 is 0 Å². The Morgan fingerprint density at radius 3 is 2.65 bits per heavy atom. The molecule has 2 aromatic carbocycles. The quantitative estimate of drug-likeness (QED) is 0.926. The van der Waals surface area contributed by atoms with Gasteiger partial charge in [0.25, 0.3) is 0 Å². The Labute approximate surface area is 119 Å². The average molecular weight is 266 g/mol. The summed E-state index contributed by atoms with van der Waals surface area (Å²) < 4.78 is 0. The lowest BCUT2D eigenvalue weighted by Crippen LogP contribution is -2.46. The molecule has 1 aliphatic heterocycles. The van der Waals surface area contributed by atoms with Crippen molar-refractivity contribution >= 4 is 11.6 Å². The van der Waals surface area contributed by atoms with Crippen LogP contribution in [0.5, 0.6) is 0 Å². The molecule has 0 bridgehead atoms. The fraction of sp³-hybridized carbons (Fsp3) is 0.235. The third kappa shape index (κ3) is 2.52. The topological polar surface area (TPSA) is 32.3 Å². The minimum atomic E-state index is 0.0275. The van der Waals surface area contributed by atoms with Gasteiger partial charge in [-0.2, -0.15) is 0 Å². The molecule has 0 saturated carbocycles. The van der Waals surface area contributed by atoms with E-state index >= 15 is 0 Å². The molecule has 20 heavy (non-hydrogen) atoms. The first kappa shape index (κ1) is 12.7. The zero-order chi connectivity index (χ0) is 13.9. The Bertz CT molecular complexity index is 609. The number of anilines is 1. The third-order valence-corrected chi connectivity index (χ3v) is 3.66. The SMILES string of the molecule is CC1Cc2ccccc2N1NC(=O)Cc1ccccc1. The molecule has 102 valence electrons. The van der Waals surface area contributed by atoms with Crippen LogP contribution < -0.4 is 10.4 Å². The van der Waals surface area contributed by atoms with Gasteiger partial charge in [0.05, 0.1) is 18.2 Å². The van der Waals surface area contributed by atoms with Crippen molar-refractivity contribution in [3.05, 3.63) is 65.7 Å². The molecule has 0 aromatic heterocycles. The molecule has 0 saturated heterocycles. The van der Waals surface area contributed by atoms with Crippen molar-refractivity contribution in [1.82, 2.24) is 5.43 Å². The Hall–Kier alpha value is -2.29. The maximum atomic E-state index is 12.2. The van der Waals surface area contributed by atoms with Gasteiger partial charge in [0.2, 0.25) is 5.91 Å². The van der Waals surface area contributed by atoms with Crippen molar-refractivity contribution in [2.24, 2.45) is 0 Å². The summed E-state index contributed by atoms with van der Waals surface area (Å²) in [4.78, 5) is 12.2. The van der Waals surface area contributed by atoms with Crippen molar-refractivity contribution in [2.75, 3.05) is 5.01 Å². The lowest BCUT2D eigenvalue weighted by molar-refractivity contribution is -0.120. The van der Waals surface area contributed by atoms with Crippen LogP contribution in [0.1, 0.15) is 18.1 Å². The first-order chi connectivity index (χ1) is 9.74. The Morgan fingerprint density at radius 2 is 1.85 bits per heavy atom. The van der Waals surface area contributed by atoms with Gasteiger partial charge in [0.1, 0.15) is 0 Å². The van der Waals surface area contributed by atoms with Crippen LogP contribution in [0.4, 0.5) is 5.69 Å². The molecule has 1 N–H and O–H groups in total. The molecule has 0 spiro atoms. The molecular formula is C17H18N2O. The molecule has 0 radical (unpaired) electrons. The van der Waals surface area contributed by atoms with Crippen LogP contribution in [-0.2, 0) is 17.6 Å². The van der Waals surface area contributed by atoms with Crippen molar-refractivity contribution < 1.29 is 4.79 Å². The van der Waals surface area contributed by atoms with Crippen molar-refractivity contribution in [1.29, 1.82) is 0 Å². The predicted molar refractivity (Wildman–Crippen MR) is 80.4 cm³/mol. The molecular weight excluding hydrogens is 248 g/mol. The standard InChI is InChI=1S/C17H18N2O/c1-13-11-15-9-5-6-10-16(15)19(13)18-17(20)12-14-7-3-2-4-8-14/h2-10,13H,11-12H2,1H3,(H,18,20). The average Bonchev–Trinajstić information content (AvgIpc) is 2.76. The number of hydrogen-bond acceptors (Lipinski definition) is 2. The molecule has 3 heteroatoms. The summed E-state index contributed by atoms with van der Waals surface area (Å²) in [6.45, 7) is 2.13. The van der Waals surface area contributed by atoms with Crippen molar-refractivity contribution in [2.45, 2.75) is 25.8 Å². The summed E-state index contributed by atoms with van der Waals surface area (Å²) in [6.07, 6.45) is 1.38. The van der Waals surface area contributed by atoms with E-state index in [9.17, 15) is 4.79 Å². The predicted octanol–water partition coefficient (Wildman–Crippen LogP) is 2.71. The fourth-order valence-corrected chi connectivity index (χ4v) is 2.69. The Morgan fingerprint density at radius 1 is 1.15 bits per heavy atom. The van der Waals surface area contributed by atoms with Crippen LogP contribution in [0.2, 0.25) is 0 Å². The molecule has 1 aliphatic rings. The van der Waals surface area contributed by atoms with E-state index in [1.54, 1.807) is 0 Å². The second-order valence-corrected chi connectivity index (χ2v) is 5.25.